The molecule has 0 aliphatic carbocycles. The van der Waals surface area contributed by atoms with Crippen LogP contribution in [-0.4, -0.2) is 37.2 Å². The summed E-state index contributed by atoms with van der Waals surface area (Å²) in [6.07, 6.45) is 43.7. The van der Waals surface area contributed by atoms with Crippen molar-refractivity contribution < 1.29 is 28.6 Å². The van der Waals surface area contributed by atoms with Crippen LogP contribution < -0.4 is 0 Å². The van der Waals surface area contributed by atoms with Gasteiger partial charge in [0.2, 0.25) is 0 Å². The van der Waals surface area contributed by atoms with Crippen LogP contribution in [0.3, 0.4) is 0 Å². The molecule has 0 saturated heterocycles. The number of carbonyl (C=O) groups is 3. The molecule has 0 radical (unpaired) electrons. The molecule has 0 aromatic rings. The maximum absolute atomic E-state index is 12.7. The van der Waals surface area contributed by atoms with Gasteiger partial charge in [-0.05, 0) is 25.2 Å². The van der Waals surface area contributed by atoms with E-state index in [0.717, 1.165) is 63.7 Å². The molecular weight excluding hydrogens is 685 g/mol. The Morgan fingerprint density at radius 1 is 0.345 bits per heavy atom. The first-order valence-corrected chi connectivity index (χ1v) is 24.4. The van der Waals surface area contributed by atoms with Crippen molar-refractivity contribution in [2.45, 2.75) is 278 Å². The fraction of sp³-hybridized carbons (Fsp3) is 0.939. The summed E-state index contributed by atoms with van der Waals surface area (Å²) in [6, 6.07) is 0. The second kappa shape index (κ2) is 43.5. The van der Waals surface area contributed by atoms with E-state index >= 15 is 0 Å². The van der Waals surface area contributed by atoms with E-state index in [1.165, 1.54) is 167 Å². The van der Waals surface area contributed by atoms with E-state index in [9.17, 15) is 14.4 Å². The molecule has 6 heteroatoms. The van der Waals surface area contributed by atoms with Crippen LogP contribution in [0.25, 0.3) is 0 Å². The first-order chi connectivity index (χ1) is 26.9. The van der Waals surface area contributed by atoms with Gasteiger partial charge in [-0.3, -0.25) is 14.4 Å². The van der Waals surface area contributed by atoms with Crippen LogP contribution in [0.4, 0.5) is 0 Å². The van der Waals surface area contributed by atoms with Gasteiger partial charge < -0.3 is 14.2 Å². The van der Waals surface area contributed by atoms with Gasteiger partial charge in [0, 0.05) is 19.3 Å². The molecule has 0 spiro atoms. The Bertz CT molecular complexity index is 826. The van der Waals surface area contributed by atoms with Crippen molar-refractivity contribution in [3.63, 3.8) is 0 Å². The lowest BCUT2D eigenvalue weighted by molar-refractivity contribution is -0.167. The smallest absolute Gasteiger partial charge is 0.306 e. The molecule has 0 bridgehead atoms. The number of ether oxygens (including phenoxy) is 3. The fourth-order valence-electron chi connectivity index (χ4n) is 7.33. The van der Waals surface area contributed by atoms with Crippen molar-refractivity contribution in [3.05, 3.63) is 0 Å². The van der Waals surface area contributed by atoms with Gasteiger partial charge >= 0.3 is 17.9 Å². The lowest BCUT2D eigenvalue weighted by atomic mass is 10.0. The van der Waals surface area contributed by atoms with Gasteiger partial charge in [-0.25, -0.2) is 0 Å². The van der Waals surface area contributed by atoms with E-state index < -0.39 is 6.10 Å². The lowest BCUT2D eigenvalue weighted by Crippen LogP contribution is -2.30. The number of carbonyl (C=O) groups excluding carboxylic acids is 3. The topological polar surface area (TPSA) is 78.9 Å². The monoisotopic (exact) mass is 779 g/mol. The van der Waals surface area contributed by atoms with Gasteiger partial charge in [0.15, 0.2) is 6.10 Å². The van der Waals surface area contributed by atoms with Crippen LogP contribution in [0.15, 0.2) is 0 Å². The van der Waals surface area contributed by atoms with Crippen molar-refractivity contribution in [2.24, 2.45) is 5.92 Å². The van der Waals surface area contributed by atoms with Crippen LogP contribution in [0, 0.1) is 5.92 Å². The number of hydrogen-bond donors (Lipinski definition) is 0. The molecule has 0 unspecified atom stereocenters. The SMILES string of the molecule is CCCCCCCCCCCCCC(=O)OC[C@@H](COC(=O)CCCCCCCCCCCCCCCC(C)C)OC(=O)CCCCCCCCCCCC. The van der Waals surface area contributed by atoms with E-state index in [0.29, 0.717) is 19.3 Å². The summed E-state index contributed by atoms with van der Waals surface area (Å²) in [7, 11) is 0. The molecular formula is C49H94O6. The molecule has 0 amide bonds. The predicted octanol–water partition coefficient (Wildman–Crippen LogP) is 15.5. The van der Waals surface area contributed by atoms with Crippen molar-refractivity contribution in [1.29, 1.82) is 0 Å². The Labute approximate surface area is 342 Å². The summed E-state index contributed by atoms with van der Waals surface area (Å²) in [5.41, 5.74) is 0. The maximum atomic E-state index is 12.7. The zero-order valence-corrected chi connectivity index (χ0v) is 37.4. The van der Waals surface area contributed by atoms with Gasteiger partial charge in [-0.15, -0.1) is 0 Å². The van der Waals surface area contributed by atoms with Crippen LogP contribution in [0.5, 0.6) is 0 Å². The second-order valence-corrected chi connectivity index (χ2v) is 17.2. The Kier molecular flexibility index (Phi) is 42.3. The van der Waals surface area contributed by atoms with Crippen LogP contribution in [-0.2, 0) is 28.6 Å². The highest BCUT2D eigenvalue weighted by atomic mass is 16.6. The van der Waals surface area contributed by atoms with Gasteiger partial charge in [0.1, 0.15) is 13.2 Å². The highest BCUT2D eigenvalue weighted by Gasteiger charge is 2.19. The Morgan fingerprint density at radius 3 is 0.891 bits per heavy atom. The van der Waals surface area contributed by atoms with Gasteiger partial charge in [-0.2, -0.15) is 0 Å². The minimum absolute atomic E-state index is 0.0632. The van der Waals surface area contributed by atoms with Crippen LogP contribution in [0.2, 0.25) is 0 Å². The minimum Gasteiger partial charge on any atom is -0.462 e. The molecule has 0 aliphatic rings. The Balaban J connectivity index is 4.27. The van der Waals surface area contributed by atoms with Crippen molar-refractivity contribution in [2.75, 3.05) is 13.2 Å². The third kappa shape index (κ3) is 43.4. The molecule has 0 aliphatic heterocycles. The summed E-state index contributed by atoms with van der Waals surface area (Å²) >= 11 is 0. The minimum atomic E-state index is -0.759. The predicted molar refractivity (Wildman–Crippen MR) is 233 cm³/mol. The van der Waals surface area contributed by atoms with E-state index in [-0.39, 0.29) is 31.1 Å². The van der Waals surface area contributed by atoms with E-state index in [4.69, 9.17) is 14.2 Å². The average Bonchev–Trinajstić information content (AvgIpc) is 3.17. The zero-order chi connectivity index (χ0) is 40.3. The third-order valence-corrected chi connectivity index (χ3v) is 11.0. The molecule has 0 fully saturated rings. The van der Waals surface area contributed by atoms with E-state index in [2.05, 4.69) is 27.7 Å². The molecule has 0 rings (SSSR count). The van der Waals surface area contributed by atoms with Crippen molar-refractivity contribution >= 4 is 17.9 Å². The van der Waals surface area contributed by atoms with E-state index in [1.807, 2.05) is 0 Å². The highest BCUT2D eigenvalue weighted by Crippen LogP contribution is 2.17. The summed E-state index contributed by atoms with van der Waals surface area (Å²) in [5.74, 6) is -0.0109. The summed E-state index contributed by atoms with van der Waals surface area (Å²) in [5, 5.41) is 0. The van der Waals surface area contributed by atoms with E-state index in [1.54, 1.807) is 0 Å². The third-order valence-electron chi connectivity index (χ3n) is 11.0. The standard InChI is InChI=1S/C49H94O6/c1-5-7-9-11-13-15-20-25-28-32-36-40-47(50)53-43-46(55-49(52)42-38-34-30-24-16-14-12-10-8-6-2)44-54-48(51)41-37-33-29-26-22-19-17-18-21-23-27-31-35-39-45(3)4/h45-46H,5-44H2,1-4H3/t46-/m0/s1. The summed E-state index contributed by atoms with van der Waals surface area (Å²) < 4.78 is 16.7. The van der Waals surface area contributed by atoms with Crippen molar-refractivity contribution in [3.8, 4) is 0 Å². The van der Waals surface area contributed by atoms with Gasteiger partial charge in [-0.1, -0.05) is 233 Å². The number of esters is 3. The molecule has 1 atom stereocenters. The lowest BCUT2D eigenvalue weighted by Gasteiger charge is -2.18. The largest absolute Gasteiger partial charge is 0.462 e. The maximum Gasteiger partial charge on any atom is 0.306 e. The highest BCUT2D eigenvalue weighted by molar-refractivity contribution is 5.71. The molecule has 55 heavy (non-hydrogen) atoms. The second-order valence-electron chi connectivity index (χ2n) is 17.2. The average molecular weight is 779 g/mol. The zero-order valence-electron chi connectivity index (χ0n) is 37.4. The number of rotatable bonds is 44. The first kappa shape index (κ1) is 53.4. The molecule has 0 saturated carbocycles. The number of hydrogen-bond acceptors (Lipinski definition) is 6. The van der Waals surface area contributed by atoms with Crippen molar-refractivity contribution in [1.82, 2.24) is 0 Å². The molecule has 6 nitrogen and oxygen atoms in total. The fourth-order valence-corrected chi connectivity index (χ4v) is 7.33. The molecule has 0 aromatic heterocycles. The molecule has 326 valence electrons. The normalized spacial score (nSPS) is 11.9. The number of unbranched alkanes of at least 4 members (excludes halogenated alkanes) is 31. The van der Waals surface area contributed by atoms with Crippen LogP contribution in [0.1, 0.15) is 272 Å². The van der Waals surface area contributed by atoms with Gasteiger partial charge in [0.25, 0.3) is 0 Å². The quantitative estimate of drug-likeness (QED) is 0.0348. The molecule has 0 heterocycles. The first-order valence-electron chi connectivity index (χ1n) is 24.4. The van der Waals surface area contributed by atoms with Crippen LogP contribution >= 0.6 is 0 Å². The molecule has 0 N–H and O–H groups in total. The molecule has 0 aromatic carbocycles. The summed E-state index contributed by atoms with van der Waals surface area (Å²) in [6.45, 7) is 9.00. The summed E-state index contributed by atoms with van der Waals surface area (Å²) in [4.78, 5) is 37.8. The Hall–Kier alpha value is -1.59. The Morgan fingerprint density at radius 2 is 0.600 bits per heavy atom. The van der Waals surface area contributed by atoms with Gasteiger partial charge in [0.05, 0.1) is 0 Å².